The van der Waals surface area contributed by atoms with E-state index in [-0.39, 0.29) is 11.9 Å². The van der Waals surface area contributed by atoms with E-state index in [0.29, 0.717) is 16.5 Å². The van der Waals surface area contributed by atoms with Gasteiger partial charge in [-0.25, -0.2) is 5.01 Å². The molecule has 0 saturated carbocycles. The highest BCUT2D eigenvalue weighted by Crippen LogP contribution is 2.40. The van der Waals surface area contributed by atoms with Crippen LogP contribution in [0.1, 0.15) is 29.2 Å². The first kappa shape index (κ1) is 23.7. The Kier molecular flexibility index (Phi) is 6.77. The number of nitrogens with zero attached hydrogens (tertiary/aromatic N) is 3. The van der Waals surface area contributed by atoms with Gasteiger partial charge in [-0.05, 0) is 83.1 Å². The number of aliphatic imine (C=N–C) groups is 1. The van der Waals surface area contributed by atoms with Gasteiger partial charge in [-0.2, -0.15) is 10.1 Å². The highest BCUT2D eigenvalue weighted by molar-refractivity contribution is 8.18. The average molecular weight is 500 g/mol. The van der Waals surface area contributed by atoms with Crippen LogP contribution < -0.4 is 14.2 Å². The van der Waals surface area contributed by atoms with Gasteiger partial charge in [0.1, 0.15) is 17.2 Å². The van der Waals surface area contributed by atoms with Crippen LogP contribution in [0.5, 0.6) is 17.2 Å². The predicted molar refractivity (Wildman–Crippen MR) is 143 cm³/mol. The molecule has 3 aromatic rings. The number of ether oxygens (including phenoxy) is 3. The Morgan fingerprint density at radius 1 is 0.833 bits per heavy atom. The summed E-state index contributed by atoms with van der Waals surface area (Å²) in [5.41, 5.74) is 3.88. The van der Waals surface area contributed by atoms with E-state index < -0.39 is 0 Å². The van der Waals surface area contributed by atoms with Gasteiger partial charge in [-0.15, -0.1) is 0 Å². The lowest BCUT2D eigenvalue weighted by Crippen LogP contribution is -2.23. The topological polar surface area (TPSA) is 72.7 Å². The summed E-state index contributed by atoms with van der Waals surface area (Å²) in [5, 5.41) is 7.34. The zero-order valence-electron chi connectivity index (χ0n) is 20.2. The van der Waals surface area contributed by atoms with Gasteiger partial charge in [0.05, 0.1) is 38.0 Å². The smallest absolute Gasteiger partial charge is 0.286 e. The second-order valence-electron chi connectivity index (χ2n) is 8.20. The quantitative estimate of drug-likeness (QED) is 0.415. The summed E-state index contributed by atoms with van der Waals surface area (Å²) >= 11 is 1.33. The van der Waals surface area contributed by atoms with Crippen LogP contribution in [0.2, 0.25) is 0 Å². The minimum atomic E-state index is -0.271. The van der Waals surface area contributed by atoms with E-state index in [4.69, 9.17) is 19.3 Å². The van der Waals surface area contributed by atoms with Crippen LogP contribution in [0.4, 0.5) is 0 Å². The Morgan fingerprint density at radius 2 is 1.39 bits per heavy atom. The molecule has 3 aromatic carbocycles. The van der Waals surface area contributed by atoms with Crippen molar-refractivity contribution in [2.75, 3.05) is 21.3 Å². The molecule has 1 atom stereocenters. The summed E-state index contributed by atoms with van der Waals surface area (Å²) in [5.74, 6) is 2.06. The van der Waals surface area contributed by atoms with Crippen LogP contribution >= 0.6 is 11.8 Å². The third kappa shape index (κ3) is 4.85. The lowest BCUT2D eigenvalue weighted by molar-refractivity contribution is -0.113. The number of hydrogen-bond acceptors (Lipinski definition) is 7. The van der Waals surface area contributed by atoms with E-state index in [9.17, 15) is 4.79 Å². The molecule has 2 aliphatic rings. The molecule has 7 nitrogen and oxygen atoms in total. The molecule has 182 valence electrons. The summed E-state index contributed by atoms with van der Waals surface area (Å²) in [7, 11) is 4.92. The fourth-order valence-corrected chi connectivity index (χ4v) is 4.99. The van der Waals surface area contributed by atoms with Crippen molar-refractivity contribution in [2.24, 2.45) is 10.1 Å². The van der Waals surface area contributed by atoms with Crippen molar-refractivity contribution >= 4 is 34.6 Å². The third-order valence-corrected chi connectivity index (χ3v) is 7.03. The third-order valence-electron chi connectivity index (χ3n) is 6.05. The molecule has 0 aromatic heterocycles. The van der Waals surface area contributed by atoms with Gasteiger partial charge in [0, 0.05) is 6.42 Å². The van der Waals surface area contributed by atoms with Crippen LogP contribution in [-0.2, 0) is 4.79 Å². The molecule has 36 heavy (non-hydrogen) atoms. The zero-order valence-corrected chi connectivity index (χ0v) is 21.0. The van der Waals surface area contributed by atoms with Crippen molar-refractivity contribution < 1.29 is 19.0 Å². The molecule has 1 amide bonds. The van der Waals surface area contributed by atoms with Crippen LogP contribution in [0.15, 0.2) is 87.8 Å². The Labute approximate surface area is 214 Å². The second kappa shape index (κ2) is 10.3. The molecule has 0 aliphatic carbocycles. The van der Waals surface area contributed by atoms with E-state index in [1.54, 1.807) is 21.3 Å². The van der Waals surface area contributed by atoms with E-state index in [2.05, 4.69) is 4.99 Å². The number of amides is 1. The molecular formula is C28H25N3O4S. The van der Waals surface area contributed by atoms with Crippen molar-refractivity contribution in [2.45, 2.75) is 12.5 Å². The first-order valence-electron chi connectivity index (χ1n) is 11.4. The number of carbonyl (C=O) groups is 1. The minimum absolute atomic E-state index is 0.104. The Morgan fingerprint density at radius 3 is 1.97 bits per heavy atom. The number of amidine groups is 1. The molecule has 2 aliphatic heterocycles. The number of rotatable bonds is 6. The highest BCUT2D eigenvalue weighted by Gasteiger charge is 2.36. The Hall–Kier alpha value is -4.04. The van der Waals surface area contributed by atoms with E-state index in [1.807, 2.05) is 83.9 Å². The fraction of sp³-hybridized carbons (Fsp3) is 0.179. The minimum Gasteiger partial charge on any atom is -0.497 e. The second-order valence-corrected chi connectivity index (χ2v) is 9.21. The SMILES string of the molecule is COc1ccc(/C=C2\SC(N3N=C(c4ccc(OC)cc4)CC3c3ccc(OC)cc3)=NC2=O)cc1. The molecule has 5 rings (SSSR count). The van der Waals surface area contributed by atoms with Gasteiger partial charge >= 0.3 is 0 Å². The summed E-state index contributed by atoms with van der Waals surface area (Å²) in [6.07, 6.45) is 2.51. The predicted octanol–water partition coefficient (Wildman–Crippen LogP) is 5.53. The highest BCUT2D eigenvalue weighted by atomic mass is 32.2. The van der Waals surface area contributed by atoms with Crippen LogP contribution in [0, 0.1) is 0 Å². The largest absolute Gasteiger partial charge is 0.497 e. The van der Waals surface area contributed by atoms with E-state index in [0.717, 1.165) is 39.7 Å². The number of methoxy groups -OCH3 is 3. The Balaban J connectivity index is 1.45. The summed E-state index contributed by atoms with van der Waals surface area (Å²) in [6.45, 7) is 0. The maximum atomic E-state index is 12.8. The van der Waals surface area contributed by atoms with Crippen molar-refractivity contribution in [3.63, 3.8) is 0 Å². The molecule has 1 unspecified atom stereocenters. The summed E-state index contributed by atoms with van der Waals surface area (Å²) < 4.78 is 15.8. The summed E-state index contributed by atoms with van der Waals surface area (Å²) in [6, 6.07) is 23.2. The van der Waals surface area contributed by atoms with Gasteiger partial charge in [0.15, 0.2) is 5.17 Å². The van der Waals surface area contributed by atoms with Crippen LogP contribution in [0.25, 0.3) is 6.08 Å². The molecule has 0 N–H and O–H groups in total. The molecule has 0 radical (unpaired) electrons. The van der Waals surface area contributed by atoms with Gasteiger partial charge in [0.25, 0.3) is 5.91 Å². The average Bonchev–Trinajstić information content (AvgIpc) is 3.53. The van der Waals surface area contributed by atoms with Gasteiger partial charge in [0.2, 0.25) is 0 Å². The molecule has 0 saturated heterocycles. The number of thioether (sulfide) groups is 1. The van der Waals surface area contributed by atoms with Gasteiger partial charge < -0.3 is 14.2 Å². The van der Waals surface area contributed by atoms with Crippen LogP contribution in [0.3, 0.4) is 0 Å². The number of hydrazone groups is 1. The van der Waals surface area contributed by atoms with Gasteiger partial charge in [-0.1, -0.05) is 24.3 Å². The molecule has 8 heteroatoms. The maximum absolute atomic E-state index is 12.8. The zero-order chi connectivity index (χ0) is 25.1. The molecular weight excluding hydrogens is 474 g/mol. The fourth-order valence-electron chi connectivity index (χ4n) is 4.08. The van der Waals surface area contributed by atoms with Gasteiger partial charge in [-0.3, -0.25) is 4.79 Å². The van der Waals surface area contributed by atoms with Crippen molar-refractivity contribution in [3.8, 4) is 17.2 Å². The molecule has 0 bridgehead atoms. The lowest BCUT2D eigenvalue weighted by Gasteiger charge is -2.22. The Bertz CT molecular complexity index is 1350. The normalized spacial score (nSPS) is 18.3. The van der Waals surface area contributed by atoms with Crippen molar-refractivity contribution in [1.29, 1.82) is 0 Å². The summed E-state index contributed by atoms with van der Waals surface area (Å²) in [4.78, 5) is 17.7. The van der Waals surface area contributed by atoms with Crippen molar-refractivity contribution in [1.82, 2.24) is 5.01 Å². The standard InChI is InChI=1S/C28H25N3O4S/c1-33-21-10-4-18(5-11-21)16-26-27(32)29-28(36-26)31-25(20-8-14-23(35-3)15-9-20)17-24(30-31)19-6-12-22(34-2)13-7-19/h4-16,25H,17H2,1-3H3/b26-16-. The number of carbonyl (C=O) groups excluding carboxylic acids is 1. The molecule has 2 heterocycles. The van der Waals surface area contributed by atoms with Crippen molar-refractivity contribution in [3.05, 3.63) is 94.4 Å². The van der Waals surface area contributed by atoms with Crippen LogP contribution in [-0.4, -0.2) is 43.1 Å². The first-order chi connectivity index (χ1) is 17.6. The monoisotopic (exact) mass is 499 g/mol. The lowest BCUT2D eigenvalue weighted by atomic mass is 9.98. The maximum Gasteiger partial charge on any atom is 0.286 e. The molecule has 0 spiro atoms. The number of hydrogen-bond donors (Lipinski definition) is 0. The number of benzene rings is 3. The molecule has 0 fully saturated rings. The first-order valence-corrected chi connectivity index (χ1v) is 12.2. The van der Waals surface area contributed by atoms with E-state index in [1.165, 1.54) is 11.8 Å². The van der Waals surface area contributed by atoms with E-state index >= 15 is 0 Å².